The molecular formula is C30H37N5O5S. The van der Waals surface area contributed by atoms with Gasteiger partial charge in [-0.15, -0.1) is 0 Å². The van der Waals surface area contributed by atoms with Crippen LogP contribution in [0.4, 0.5) is 5.69 Å². The fraction of sp³-hybridized carbons (Fsp3) is 0.467. The minimum atomic E-state index is -4.05. The molecule has 11 heteroatoms. The normalized spacial score (nSPS) is 22.2. The Morgan fingerprint density at radius 3 is 2.51 bits per heavy atom. The number of guanidine groups is 1. The van der Waals surface area contributed by atoms with Gasteiger partial charge in [-0.3, -0.25) is 19.9 Å². The number of aliphatic carboxylic acids is 1. The van der Waals surface area contributed by atoms with E-state index in [-0.39, 0.29) is 23.9 Å². The number of nitrogens with one attached hydrogen (secondary N) is 3. The summed E-state index contributed by atoms with van der Waals surface area (Å²) in [7, 11) is -4.05. The van der Waals surface area contributed by atoms with E-state index in [2.05, 4.69) is 20.3 Å². The Bertz CT molecular complexity index is 1480. The first-order chi connectivity index (χ1) is 19.4. The highest BCUT2D eigenvalue weighted by molar-refractivity contribution is 7.89. The highest BCUT2D eigenvalue weighted by Crippen LogP contribution is 2.64. The molecule has 0 amide bonds. The Morgan fingerprint density at radius 2 is 1.93 bits per heavy atom. The standard InChI is InChI=1S/C30H37N5O5S/c1-4-14-32-28(33-19-31)34-24-7-5-6-22(16-24)21-10-8-20(9-11-21)15-25(27(37)38)35-41(39,40)18-30-13-12-23(17-26(30)36)29(30,2)3/h5-11,16,23,25,35H,4,12-15,17-18H2,1-3H3,(H,37,38)(H2,32,33,34)/t23-,25-,30?/m0/s1. The van der Waals surface area contributed by atoms with Gasteiger partial charge in [0.05, 0.1) is 5.75 Å². The number of nitrogens with zero attached hydrogens (tertiary/aromatic N) is 2. The maximum Gasteiger partial charge on any atom is 0.322 e. The number of carboxylic acid groups (broad SMARTS) is 1. The predicted octanol–water partition coefficient (Wildman–Crippen LogP) is 3.91. The maximum atomic E-state index is 13.2. The summed E-state index contributed by atoms with van der Waals surface area (Å²) in [6, 6.07) is 13.4. The minimum Gasteiger partial charge on any atom is -0.480 e. The summed E-state index contributed by atoms with van der Waals surface area (Å²) in [4.78, 5) is 29.2. The molecule has 218 valence electrons. The van der Waals surface area contributed by atoms with Crippen LogP contribution in [0.1, 0.15) is 52.0 Å². The molecule has 0 aromatic heterocycles. The quantitative estimate of drug-likeness (QED) is 0.135. The van der Waals surface area contributed by atoms with E-state index in [1.807, 2.05) is 63.4 Å². The van der Waals surface area contributed by atoms with Gasteiger partial charge in [0.2, 0.25) is 16.0 Å². The van der Waals surface area contributed by atoms with E-state index in [0.29, 0.717) is 30.9 Å². The fourth-order valence-corrected chi connectivity index (χ4v) is 8.27. The van der Waals surface area contributed by atoms with Crippen LogP contribution in [0.15, 0.2) is 53.5 Å². The number of sulfonamides is 1. The largest absolute Gasteiger partial charge is 0.480 e. The molecule has 41 heavy (non-hydrogen) atoms. The number of hydrogen-bond donors (Lipinski definition) is 4. The monoisotopic (exact) mass is 579 g/mol. The first kappa shape index (κ1) is 30.2. The summed E-state index contributed by atoms with van der Waals surface area (Å²) in [5.74, 6) is -1.17. The predicted molar refractivity (Wildman–Crippen MR) is 157 cm³/mol. The van der Waals surface area contributed by atoms with Crippen LogP contribution in [-0.4, -0.2) is 49.6 Å². The molecule has 3 atom stereocenters. The topological polar surface area (TPSA) is 161 Å². The van der Waals surface area contributed by atoms with Gasteiger partial charge in [-0.05, 0) is 65.8 Å². The third-order valence-electron chi connectivity index (χ3n) is 8.72. The lowest BCUT2D eigenvalue weighted by Gasteiger charge is -2.36. The van der Waals surface area contributed by atoms with Crippen LogP contribution in [-0.2, 0) is 26.0 Å². The molecule has 2 aromatic carbocycles. The van der Waals surface area contributed by atoms with Crippen molar-refractivity contribution in [3.05, 3.63) is 54.1 Å². The van der Waals surface area contributed by atoms with Gasteiger partial charge >= 0.3 is 5.97 Å². The Morgan fingerprint density at radius 1 is 1.20 bits per heavy atom. The molecule has 2 aliphatic rings. The lowest BCUT2D eigenvalue weighted by molar-refractivity contribution is -0.138. The van der Waals surface area contributed by atoms with E-state index < -0.39 is 32.9 Å². The van der Waals surface area contributed by atoms with E-state index in [9.17, 15) is 23.1 Å². The number of carbonyl (C=O) groups is 2. The number of carboxylic acids is 1. The maximum absolute atomic E-state index is 13.2. The van der Waals surface area contributed by atoms with Crippen molar-refractivity contribution in [2.45, 2.75) is 58.9 Å². The third-order valence-corrected chi connectivity index (χ3v) is 10.2. The summed E-state index contributed by atoms with van der Waals surface area (Å²) in [6.07, 6.45) is 4.39. The zero-order chi connectivity index (χ0) is 29.8. The van der Waals surface area contributed by atoms with Gasteiger partial charge in [0.25, 0.3) is 0 Å². The highest BCUT2D eigenvalue weighted by Gasteiger charge is 2.65. The second kappa shape index (κ2) is 12.0. The number of anilines is 1. The Balaban J connectivity index is 1.45. The second-order valence-corrected chi connectivity index (χ2v) is 13.3. The molecule has 2 fully saturated rings. The average Bonchev–Trinajstić information content (AvgIpc) is 3.26. The number of aliphatic imine (C=N–C) groups is 1. The average molecular weight is 580 g/mol. The molecular weight excluding hydrogens is 542 g/mol. The van der Waals surface area contributed by atoms with Gasteiger partial charge in [-0.25, -0.2) is 13.1 Å². The Kier molecular flexibility index (Phi) is 8.85. The highest BCUT2D eigenvalue weighted by atomic mass is 32.2. The van der Waals surface area contributed by atoms with Crippen molar-refractivity contribution in [1.82, 2.24) is 10.0 Å². The van der Waals surface area contributed by atoms with Crippen molar-refractivity contribution in [2.24, 2.45) is 21.7 Å². The van der Waals surface area contributed by atoms with Crippen LogP contribution < -0.4 is 15.4 Å². The lowest BCUT2D eigenvalue weighted by atomic mass is 9.70. The number of nitriles is 1. The van der Waals surface area contributed by atoms with Crippen LogP contribution in [0.25, 0.3) is 11.1 Å². The van der Waals surface area contributed by atoms with Crippen molar-refractivity contribution in [3.8, 4) is 17.3 Å². The van der Waals surface area contributed by atoms with Crippen molar-refractivity contribution >= 4 is 33.4 Å². The molecule has 0 aliphatic heterocycles. The number of ketones is 1. The molecule has 4 N–H and O–H groups in total. The number of fused-ring (bicyclic) bond motifs is 2. The second-order valence-electron chi connectivity index (χ2n) is 11.5. The number of rotatable bonds is 11. The molecule has 0 heterocycles. The van der Waals surface area contributed by atoms with Gasteiger partial charge in [0.15, 0.2) is 6.19 Å². The zero-order valence-corrected chi connectivity index (χ0v) is 24.4. The molecule has 0 spiro atoms. The number of benzene rings is 2. The third kappa shape index (κ3) is 6.44. The molecule has 2 saturated carbocycles. The van der Waals surface area contributed by atoms with Gasteiger partial charge in [0, 0.05) is 24.1 Å². The SMILES string of the molecule is CCCN=C(NC#N)Nc1cccc(-c2ccc(C[C@H](NS(=O)(=O)CC34CC[C@@H](CC3=O)C4(C)C)C(=O)O)cc2)c1. The molecule has 1 unspecified atom stereocenters. The van der Waals surface area contributed by atoms with Gasteiger partial charge in [0.1, 0.15) is 11.8 Å². The van der Waals surface area contributed by atoms with Crippen molar-refractivity contribution in [3.63, 3.8) is 0 Å². The summed E-state index contributed by atoms with van der Waals surface area (Å²) in [5, 5.41) is 24.5. The summed E-state index contributed by atoms with van der Waals surface area (Å²) in [6.45, 7) is 6.47. The Hall–Kier alpha value is -3.75. The fourth-order valence-electron chi connectivity index (χ4n) is 6.24. The number of hydrogen-bond acceptors (Lipinski definition) is 6. The Labute approximate surface area is 241 Å². The first-order valence-electron chi connectivity index (χ1n) is 13.8. The molecule has 0 radical (unpaired) electrons. The van der Waals surface area contributed by atoms with Crippen LogP contribution in [0.5, 0.6) is 0 Å². The smallest absolute Gasteiger partial charge is 0.322 e. The zero-order valence-electron chi connectivity index (χ0n) is 23.6. The van der Waals surface area contributed by atoms with E-state index in [4.69, 9.17) is 5.26 Å². The molecule has 2 aromatic rings. The van der Waals surface area contributed by atoms with E-state index >= 15 is 0 Å². The molecule has 2 aliphatic carbocycles. The first-order valence-corrected chi connectivity index (χ1v) is 15.5. The molecule has 10 nitrogen and oxygen atoms in total. The summed E-state index contributed by atoms with van der Waals surface area (Å²) in [5.41, 5.74) is 1.76. The van der Waals surface area contributed by atoms with E-state index in [1.54, 1.807) is 12.1 Å². The summed E-state index contributed by atoms with van der Waals surface area (Å²) >= 11 is 0. The van der Waals surface area contributed by atoms with Crippen LogP contribution in [0.3, 0.4) is 0 Å². The van der Waals surface area contributed by atoms with Gasteiger partial charge in [-0.1, -0.05) is 57.2 Å². The number of carbonyl (C=O) groups excluding carboxylic acids is 1. The molecule has 4 rings (SSSR count). The molecule has 0 saturated heterocycles. The van der Waals surface area contributed by atoms with Crippen LogP contribution >= 0.6 is 0 Å². The molecule has 2 bridgehead atoms. The van der Waals surface area contributed by atoms with E-state index in [1.165, 1.54) is 0 Å². The van der Waals surface area contributed by atoms with Crippen molar-refractivity contribution in [1.29, 1.82) is 5.26 Å². The van der Waals surface area contributed by atoms with Crippen molar-refractivity contribution < 1.29 is 23.1 Å². The van der Waals surface area contributed by atoms with Gasteiger partial charge < -0.3 is 10.4 Å². The van der Waals surface area contributed by atoms with Crippen molar-refractivity contribution in [2.75, 3.05) is 17.6 Å². The van der Waals surface area contributed by atoms with Gasteiger partial charge in [-0.2, -0.15) is 5.26 Å². The van der Waals surface area contributed by atoms with Crippen LogP contribution in [0, 0.1) is 28.2 Å². The van der Waals surface area contributed by atoms with Crippen LogP contribution in [0.2, 0.25) is 0 Å². The lowest BCUT2D eigenvalue weighted by Crippen LogP contribution is -2.49. The minimum absolute atomic E-state index is 0.0309. The van der Waals surface area contributed by atoms with E-state index in [0.717, 1.165) is 29.7 Å². The number of Topliss-reactive ketones (excluding diaryl/α,β-unsaturated/α-hetero) is 1. The summed E-state index contributed by atoms with van der Waals surface area (Å²) < 4.78 is 28.8.